The Bertz CT molecular complexity index is 1350. The average molecular weight is 585 g/mol. The molecule has 2 aliphatic rings. The van der Waals surface area contributed by atoms with Gasteiger partial charge in [-0.25, -0.2) is 17.9 Å². The molecule has 2 fully saturated rings. The summed E-state index contributed by atoms with van der Waals surface area (Å²) in [6, 6.07) is 5.49. The Hall–Kier alpha value is -2.68. The van der Waals surface area contributed by atoms with Gasteiger partial charge in [0.1, 0.15) is 35.5 Å². The van der Waals surface area contributed by atoms with Crippen LogP contribution in [0.5, 0.6) is 0 Å². The van der Waals surface area contributed by atoms with Crippen molar-refractivity contribution >= 4 is 29.3 Å². The van der Waals surface area contributed by atoms with Gasteiger partial charge in [-0.15, -0.1) is 5.10 Å². The van der Waals surface area contributed by atoms with Gasteiger partial charge in [0.2, 0.25) is 0 Å². The number of ether oxygens (including phenoxy) is 2. The van der Waals surface area contributed by atoms with Gasteiger partial charge in [0.25, 0.3) is 5.91 Å². The number of rotatable bonds is 7. The number of halogens is 4. The molecule has 208 valence electrons. The molecule has 2 N–H and O–H groups in total. The molecule has 14 heteroatoms. The molecule has 39 heavy (non-hydrogen) atoms. The van der Waals surface area contributed by atoms with Crippen molar-refractivity contribution in [3.05, 3.63) is 64.6 Å². The molecule has 5 atom stereocenters. The van der Waals surface area contributed by atoms with Crippen molar-refractivity contribution in [2.75, 3.05) is 26.8 Å². The first kappa shape index (κ1) is 27.9. The average Bonchev–Trinajstić information content (AvgIpc) is 3.36. The van der Waals surface area contributed by atoms with Crippen molar-refractivity contribution in [3.63, 3.8) is 0 Å². The molecule has 1 aromatic heterocycles. The first-order valence-corrected chi connectivity index (χ1v) is 13.3. The van der Waals surface area contributed by atoms with Crippen molar-refractivity contribution in [1.82, 2.24) is 19.9 Å². The van der Waals surface area contributed by atoms with E-state index in [0.29, 0.717) is 28.6 Å². The maximum Gasteiger partial charge on any atom is 0.254 e. The van der Waals surface area contributed by atoms with E-state index < -0.39 is 53.8 Å². The largest absolute Gasteiger partial charge is 0.394 e. The van der Waals surface area contributed by atoms with E-state index in [0.717, 1.165) is 30.3 Å². The summed E-state index contributed by atoms with van der Waals surface area (Å²) in [5, 5.41) is 29.4. The molecule has 5 unspecified atom stereocenters. The summed E-state index contributed by atoms with van der Waals surface area (Å²) in [5.41, 5.74) is -0.473. The topological polar surface area (TPSA) is 110 Å². The number of methoxy groups -OCH3 is 1. The minimum absolute atomic E-state index is 0.0170. The van der Waals surface area contributed by atoms with Gasteiger partial charge in [-0.2, -0.15) is 0 Å². The Morgan fingerprint density at radius 3 is 2.56 bits per heavy atom. The summed E-state index contributed by atoms with van der Waals surface area (Å²) < 4.78 is 54.0. The fraction of sp³-hybridized carbons (Fsp3) is 0.400. The Morgan fingerprint density at radius 1 is 1.23 bits per heavy atom. The van der Waals surface area contributed by atoms with Crippen LogP contribution in [-0.4, -0.2) is 86.6 Å². The Balaban J connectivity index is 1.47. The smallest absolute Gasteiger partial charge is 0.254 e. The minimum Gasteiger partial charge on any atom is -0.394 e. The van der Waals surface area contributed by atoms with Crippen molar-refractivity contribution in [2.45, 2.75) is 41.1 Å². The number of hydrogen-bond acceptors (Lipinski definition) is 8. The first-order chi connectivity index (χ1) is 18.7. The number of nitrogens with zero attached hydrogens (tertiary/aromatic N) is 4. The number of hydrogen-bond donors (Lipinski definition) is 2. The summed E-state index contributed by atoms with van der Waals surface area (Å²) in [5.74, 6) is -4.53. The lowest BCUT2D eigenvalue weighted by atomic mass is 9.97. The number of aromatic nitrogens is 3. The highest BCUT2D eigenvalue weighted by Gasteiger charge is 2.48. The number of aliphatic hydroxyl groups excluding tert-OH is 2. The standard InChI is InChI=1S/C25H24ClF3N4O5S/c1-37-23-21(33-10-17(30-31-33)12-7-15(27)20(29)16(28)8-12)22(35)18(11-34)38-25(23)39-19-9-13(26)3-4-14(19)24(36)32-5-2-6-32/h3-4,7-10,18,21-23,25,34-35H,2,5-6,11H2,1H3. The second kappa shape index (κ2) is 11.4. The van der Waals surface area contributed by atoms with Gasteiger partial charge < -0.3 is 24.6 Å². The van der Waals surface area contributed by atoms with E-state index in [9.17, 15) is 28.2 Å². The molecule has 0 aliphatic carbocycles. The predicted octanol–water partition coefficient (Wildman–Crippen LogP) is 3.29. The Labute approximate surface area is 230 Å². The molecule has 0 spiro atoms. The number of thioether (sulfide) groups is 1. The summed E-state index contributed by atoms with van der Waals surface area (Å²) in [7, 11) is 1.40. The maximum absolute atomic E-state index is 13.8. The van der Waals surface area contributed by atoms with Crippen molar-refractivity contribution in [1.29, 1.82) is 0 Å². The van der Waals surface area contributed by atoms with E-state index >= 15 is 0 Å². The lowest BCUT2D eigenvalue weighted by molar-refractivity contribution is -0.186. The van der Waals surface area contributed by atoms with Crippen LogP contribution in [0.25, 0.3) is 11.3 Å². The fourth-order valence-corrected chi connectivity index (χ4v) is 6.12. The zero-order chi connectivity index (χ0) is 27.8. The highest BCUT2D eigenvalue weighted by atomic mass is 35.5. The monoisotopic (exact) mass is 584 g/mol. The van der Waals surface area contributed by atoms with Gasteiger partial charge in [-0.3, -0.25) is 4.79 Å². The quantitative estimate of drug-likeness (QED) is 0.407. The summed E-state index contributed by atoms with van der Waals surface area (Å²) >= 11 is 7.39. The van der Waals surface area contributed by atoms with Crippen LogP contribution in [-0.2, 0) is 9.47 Å². The zero-order valence-corrected chi connectivity index (χ0v) is 22.1. The third-order valence-electron chi connectivity index (χ3n) is 6.75. The SMILES string of the molecule is COC1C(Sc2cc(Cl)ccc2C(=O)N2CCC2)OC(CO)C(O)C1n1cc(-c2cc(F)c(F)c(F)c2)nn1. The van der Waals surface area contributed by atoms with Gasteiger partial charge in [-0.05, 0) is 36.8 Å². The Kier molecular flexibility index (Phi) is 8.17. The van der Waals surface area contributed by atoms with Crippen molar-refractivity contribution in [3.8, 4) is 11.3 Å². The van der Waals surface area contributed by atoms with E-state index in [1.54, 1.807) is 23.1 Å². The lowest BCUT2D eigenvalue weighted by Crippen LogP contribution is -2.55. The predicted molar refractivity (Wildman–Crippen MR) is 135 cm³/mol. The van der Waals surface area contributed by atoms with Crippen LogP contribution < -0.4 is 0 Å². The molecule has 9 nitrogen and oxygen atoms in total. The van der Waals surface area contributed by atoms with Crippen LogP contribution in [0.15, 0.2) is 41.4 Å². The van der Waals surface area contributed by atoms with E-state index in [2.05, 4.69) is 10.3 Å². The summed E-state index contributed by atoms with van der Waals surface area (Å²) in [6.07, 6.45) is -1.04. The normalized spacial score (nSPS) is 25.0. The molecule has 0 radical (unpaired) electrons. The molecule has 5 rings (SSSR count). The summed E-state index contributed by atoms with van der Waals surface area (Å²) in [6.45, 7) is 0.767. The van der Waals surface area contributed by atoms with Crippen LogP contribution in [0.1, 0.15) is 22.8 Å². The van der Waals surface area contributed by atoms with Crippen LogP contribution >= 0.6 is 23.4 Å². The van der Waals surface area contributed by atoms with E-state index in [1.807, 2.05) is 0 Å². The fourth-order valence-electron chi connectivity index (χ4n) is 4.55. The second-order valence-electron chi connectivity index (χ2n) is 9.15. The van der Waals surface area contributed by atoms with Gasteiger partial charge in [0.15, 0.2) is 17.5 Å². The van der Waals surface area contributed by atoms with Crippen LogP contribution in [0.4, 0.5) is 13.2 Å². The van der Waals surface area contributed by atoms with E-state index in [-0.39, 0.29) is 17.2 Å². The molecule has 0 saturated carbocycles. The van der Waals surface area contributed by atoms with Crippen LogP contribution in [0.3, 0.4) is 0 Å². The number of carbonyl (C=O) groups is 1. The molecule has 1 amide bonds. The molecule has 0 bridgehead atoms. The molecular weight excluding hydrogens is 561 g/mol. The number of carbonyl (C=O) groups excluding carboxylic acids is 1. The molecule has 3 aromatic rings. The molecule has 3 heterocycles. The minimum atomic E-state index is -1.61. The second-order valence-corrected chi connectivity index (χ2v) is 10.7. The van der Waals surface area contributed by atoms with E-state index in [1.165, 1.54) is 18.0 Å². The first-order valence-electron chi connectivity index (χ1n) is 12.0. The zero-order valence-electron chi connectivity index (χ0n) is 20.5. The van der Waals surface area contributed by atoms with Gasteiger partial charge in [0, 0.05) is 35.7 Å². The highest BCUT2D eigenvalue weighted by Crippen LogP contribution is 2.41. The Morgan fingerprint density at radius 2 is 1.95 bits per heavy atom. The van der Waals surface area contributed by atoms with E-state index in [4.69, 9.17) is 21.1 Å². The van der Waals surface area contributed by atoms with Crippen LogP contribution in [0, 0.1) is 17.5 Å². The maximum atomic E-state index is 13.8. The summed E-state index contributed by atoms with van der Waals surface area (Å²) in [4.78, 5) is 15.3. The number of benzene rings is 2. The number of aliphatic hydroxyl groups is 2. The van der Waals surface area contributed by atoms with Gasteiger partial charge in [0.05, 0.1) is 18.4 Å². The molecule has 2 saturated heterocycles. The lowest BCUT2D eigenvalue weighted by Gasteiger charge is -2.43. The third kappa shape index (κ3) is 5.39. The number of amides is 1. The highest BCUT2D eigenvalue weighted by molar-refractivity contribution is 8.00. The molecule has 2 aromatic carbocycles. The van der Waals surface area contributed by atoms with Crippen LogP contribution in [0.2, 0.25) is 5.02 Å². The molecular formula is C25H24ClF3N4O5S. The van der Waals surface area contributed by atoms with Crippen molar-refractivity contribution in [2.24, 2.45) is 0 Å². The number of likely N-dealkylation sites (tertiary alicyclic amines) is 1. The van der Waals surface area contributed by atoms with Gasteiger partial charge in [-0.1, -0.05) is 28.6 Å². The molecule has 2 aliphatic heterocycles. The third-order valence-corrected chi connectivity index (χ3v) is 8.19. The van der Waals surface area contributed by atoms with Gasteiger partial charge >= 0.3 is 0 Å². The van der Waals surface area contributed by atoms with Crippen molar-refractivity contribution < 1.29 is 37.7 Å².